The smallest absolute Gasteiger partial charge is 0.269 e. The second-order valence-corrected chi connectivity index (χ2v) is 9.38. The summed E-state index contributed by atoms with van der Waals surface area (Å²) in [6.07, 6.45) is 1.73. The number of anilines is 1. The van der Waals surface area contributed by atoms with Crippen LogP contribution in [-0.2, 0) is 11.3 Å². The summed E-state index contributed by atoms with van der Waals surface area (Å²) >= 11 is 1.55. The molecule has 0 saturated heterocycles. The topological polar surface area (TPSA) is 150 Å². The van der Waals surface area contributed by atoms with Crippen LogP contribution < -0.4 is 24.8 Å². The van der Waals surface area contributed by atoms with E-state index in [1.165, 1.54) is 7.11 Å². The number of aromatic amines is 1. The first-order valence-corrected chi connectivity index (χ1v) is 13.2. The first-order valence-electron chi connectivity index (χ1n) is 12.3. The van der Waals surface area contributed by atoms with E-state index in [-0.39, 0.29) is 5.91 Å². The monoisotopic (exact) mass is 556 g/mol. The van der Waals surface area contributed by atoms with E-state index in [4.69, 9.17) is 18.9 Å². The van der Waals surface area contributed by atoms with Gasteiger partial charge in [-0.3, -0.25) is 9.89 Å². The number of H-pyrrole nitrogens is 1. The highest BCUT2D eigenvalue weighted by Crippen LogP contribution is 2.40. The molecule has 0 atom stereocenters. The molecule has 0 radical (unpaired) electrons. The Morgan fingerprint density at radius 3 is 2.49 bits per heavy atom. The number of thioether (sulfide) groups is 1. The van der Waals surface area contributed by atoms with E-state index in [1.807, 2.05) is 6.92 Å². The normalized spacial score (nSPS) is 11.0. The molecule has 1 aromatic carbocycles. The number of benzene rings is 1. The van der Waals surface area contributed by atoms with E-state index in [0.717, 1.165) is 11.1 Å². The van der Waals surface area contributed by atoms with Crippen molar-refractivity contribution in [2.45, 2.75) is 18.6 Å². The highest BCUT2D eigenvalue weighted by atomic mass is 32.2. The van der Waals surface area contributed by atoms with Gasteiger partial charge in [0.15, 0.2) is 22.3 Å². The van der Waals surface area contributed by atoms with E-state index >= 15 is 0 Å². The number of fused-ring (bicyclic) bond motifs is 1. The number of ether oxygens (including phenoxy) is 4. The summed E-state index contributed by atoms with van der Waals surface area (Å²) in [7, 11) is 6.28. The van der Waals surface area contributed by atoms with Crippen LogP contribution >= 0.6 is 11.8 Å². The maximum atomic E-state index is 12.8. The van der Waals surface area contributed by atoms with Gasteiger partial charge in [0.05, 0.1) is 51.8 Å². The number of nitrogens with one attached hydrogen (secondary N) is 3. The van der Waals surface area contributed by atoms with E-state index < -0.39 is 0 Å². The van der Waals surface area contributed by atoms with Crippen molar-refractivity contribution >= 4 is 34.5 Å². The number of amides is 1. The van der Waals surface area contributed by atoms with Crippen LogP contribution in [0.3, 0.4) is 0 Å². The third kappa shape index (κ3) is 6.34. The van der Waals surface area contributed by atoms with Gasteiger partial charge >= 0.3 is 0 Å². The van der Waals surface area contributed by atoms with Gasteiger partial charge in [-0.05, 0) is 24.0 Å². The van der Waals surface area contributed by atoms with Crippen molar-refractivity contribution in [2.24, 2.45) is 0 Å². The van der Waals surface area contributed by atoms with Gasteiger partial charge in [-0.2, -0.15) is 10.2 Å². The second kappa shape index (κ2) is 13.2. The fourth-order valence-corrected chi connectivity index (χ4v) is 4.45. The molecule has 0 aliphatic heterocycles. The molecule has 3 N–H and O–H groups in total. The van der Waals surface area contributed by atoms with Crippen molar-refractivity contribution < 1.29 is 23.7 Å². The van der Waals surface area contributed by atoms with Crippen LogP contribution in [0.2, 0.25) is 0 Å². The molecular formula is C25H32N8O5S. The van der Waals surface area contributed by atoms with Crippen molar-refractivity contribution in [3.63, 3.8) is 0 Å². The van der Waals surface area contributed by atoms with Crippen LogP contribution in [0.25, 0.3) is 22.3 Å². The zero-order chi connectivity index (χ0) is 27.8. The molecule has 13 nitrogen and oxygen atoms in total. The molecule has 1 amide bonds. The highest BCUT2D eigenvalue weighted by molar-refractivity contribution is 7.99. The molecule has 0 unspecified atom stereocenters. The molecule has 0 saturated carbocycles. The summed E-state index contributed by atoms with van der Waals surface area (Å²) in [6.45, 7) is 3.97. The largest absolute Gasteiger partial charge is 0.493 e. The third-order valence-corrected chi connectivity index (χ3v) is 6.47. The number of hydrogen-bond donors (Lipinski definition) is 3. The van der Waals surface area contributed by atoms with E-state index in [9.17, 15) is 4.79 Å². The summed E-state index contributed by atoms with van der Waals surface area (Å²) in [5.41, 5.74) is 2.28. The molecule has 0 bridgehead atoms. The predicted molar refractivity (Wildman–Crippen MR) is 148 cm³/mol. The molecule has 0 aliphatic carbocycles. The lowest BCUT2D eigenvalue weighted by Crippen LogP contribution is -2.27. The summed E-state index contributed by atoms with van der Waals surface area (Å²) in [4.78, 5) is 22.1. The minimum Gasteiger partial charge on any atom is -0.493 e. The Labute approximate surface area is 230 Å². The molecule has 0 aliphatic rings. The lowest BCUT2D eigenvalue weighted by atomic mass is 10.1. The fourth-order valence-electron chi connectivity index (χ4n) is 3.88. The Morgan fingerprint density at radius 1 is 1.05 bits per heavy atom. The standard InChI is InChI=1S/C25H32N8O5S/c1-6-39-25-29-22(26-8-10-35-2)16-14-28-33(23(16)30-25)9-7-27-24(34)18-13-17(31-32-18)15-11-19(36-3)21(38-5)20(12-15)37-4/h11-14H,6-10H2,1-5H3,(H,27,34)(H,31,32)(H,26,29,30). The van der Waals surface area contributed by atoms with E-state index in [1.54, 1.807) is 62.2 Å². The zero-order valence-corrected chi connectivity index (χ0v) is 23.3. The van der Waals surface area contributed by atoms with Gasteiger partial charge < -0.3 is 29.6 Å². The van der Waals surface area contributed by atoms with Crippen LogP contribution in [-0.4, -0.2) is 89.7 Å². The van der Waals surface area contributed by atoms with Crippen molar-refractivity contribution in [1.29, 1.82) is 0 Å². The SMILES string of the molecule is CCSc1nc(NCCOC)c2cnn(CCNC(=O)c3cc(-c4cc(OC)c(OC)c(OC)c4)n[nH]3)c2n1. The van der Waals surface area contributed by atoms with E-state index in [0.29, 0.717) is 77.1 Å². The molecule has 0 spiro atoms. The Bertz CT molecular complexity index is 1400. The highest BCUT2D eigenvalue weighted by Gasteiger charge is 2.18. The number of nitrogens with zero attached hydrogens (tertiary/aromatic N) is 5. The molecule has 14 heteroatoms. The quantitative estimate of drug-likeness (QED) is 0.119. The maximum Gasteiger partial charge on any atom is 0.269 e. The predicted octanol–water partition coefficient (Wildman–Crippen LogP) is 2.84. The third-order valence-electron chi connectivity index (χ3n) is 5.74. The lowest BCUT2D eigenvalue weighted by molar-refractivity contribution is 0.0947. The molecule has 3 heterocycles. The molecule has 4 rings (SSSR count). The number of carbonyl (C=O) groups excluding carboxylic acids is 1. The minimum absolute atomic E-state index is 0.295. The first-order chi connectivity index (χ1) is 19.0. The number of methoxy groups -OCH3 is 4. The van der Waals surface area contributed by atoms with Crippen LogP contribution in [0.15, 0.2) is 29.6 Å². The van der Waals surface area contributed by atoms with Gasteiger partial charge in [0.2, 0.25) is 5.75 Å². The summed E-state index contributed by atoms with van der Waals surface area (Å²) in [5.74, 6) is 2.72. The van der Waals surface area contributed by atoms with Gasteiger partial charge in [-0.25, -0.2) is 14.6 Å². The van der Waals surface area contributed by atoms with Crippen LogP contribution in [0.5, 0.6) is 17.2 Å². The molecule has 208 valence electrons. The molecule has 39 heavy (non-hydrogen) atoms. The van der Waals surface area contributed by atoms with Crippen molar-refractivity contribution in [3.05, 3.63) is 30.1 Å². The van der Waals surface area contributed by atoms with Gasteiger partial charge in [-0.1, -0.05) is 18.7 Å². The van der Waals surface area contributed by atoms with Gasteiger partial charge in [-0.15, -0.1) is 0 Å². The number of hydrogen-bond acceptors (Lipinski definition) is 11. The summed E-state index contributed by atoms with van der Waals surface area (Å²) in [6, 6.07) is 5.21. The van der Waals surface area contributed by atoms with Crippen LogP contribution in [0.1, 0.15) is 17.4 Å². The Morgan fingerprint density at radius 2 is 1.82 bits per heavy atom. The zero-order valence-electron chi connectivity index (χ0n) is 22.5. The number of rotatable bonds is 14. The molecule has 4 aromatic rings. The Kier molecular flexibility index (Phi) is 9.44. The molecule has 3 aromatic heterocycles. The number of carbonyl (C=O) groups is 1. The maximum absolute atomic E-state index is 12.8. The fraction of sp³-hybridized carbons (Fsp3) is 0.400. The molecular weight excluding hydrogens is 524 g/mol. The van der Waals surface area contributed by atoms with Crippen molar-refractivity contribution in [3.8, 4) is 28.5 Å². The second-order valence-electron chi connectivity index (χ2n) is 8.15. The first kappa shape index (κ1) is 28.0. The van der Waals surface area contributed by atoms with E-state index in [2.05, 4.69) is 35.9 Å². The average molecular weight is 557 g/mol. The Hall–Kier alpha value is -4.04. The Balaban J connectivity index is 1.45. The number of aromatic nitrogens is 6. The van der Waals surface area contributed by atoms with Gasteiger partial charge in [0.1, 0.15) is 11.5 Å². The molecule has 0 fully saturated rings. The lowest BCUT2D eigenvalue weighted by Gasteiger charge is -2.13. The van der Waals surface area contributed by atoms with Crippen LogP contribution in [0, 0.1) is 0 Å². The van der Waals surface area contributed by atoms with Crippen LogP contribution in [0.4, 0.5) is 5.82 Å². The minimum atomic E-state index is -0.295. The van der Waals surface area contributed by atoms with Crippen molar-refractivity contribution in [2.75, 3.05) is 59.2 Å². The average Bonchev–Trinajstić information content (AvgIpc) is 3.60. The van der Waals surface area contributed by atoms with Crippen molar-refractivity contribution in [1.82, 2.24) is 35.3 Å². The summed E-state index contributed by atoms with van der Waals surface area (Å²) in [5, 5.41) is 19.2. The van der Waals surface area contributed by atoms with Gasteiger partial charge in [0.25, 0.3) is 5.91 Å². The van der Waals surface area contributed by atoms with Gasteiger partial charge in [0, 0.05) is 25.8 Å². The summed E-state index contributed by atoms with van der Waals surface area (Å²) < 4.78 is 23.1.